The van der Waals surface area contributed by atoms with Gasteiger partial charge in [0.1, 0.15) is 11.3 Å². The molecule has 0 radical (unpaired) electrons. The maximum atomic E-state index is 12.5. The summed E-state index contributed by atoms with van der Waals surface area (Å²) in [4.78, 5) is 25.4. The van der Waals surface area contributed by atoms with Crippen LogP contribution in [0.5, 0.6) is 5.75 Å². The van der Waals surface area contributed by atoms with Gasteiger partial charge in [-0.3, -0.25) is 14.3 Å². The Labute approximate surface area is 173 Å². The molecule has 0 saturated carbocycles. The van der Waals surface area contributed by atoms with Gasteiger partial charge in [-0.05, 0) is 48.2 Å². The highest BCUT2D eigenvalue weighted by Crippen LogP contribution is 2.28. The van der Waals surface area contributed by atoms with Crippen LogP contribution in [0.1, 0.15) is 27.9 Å². The highest BCUT2D eigenvalue weighted by Gasteiger charge is 2.15. The summed E-state index contributed by atoms with van der Waals surface area (Å²) >= 11 is 5.85. The third kappa shape index (κ3) is 5.78. The van der Waals surface area contributed by atoms with Crippen molar-refractivity contribution in [3.8, 4) is 5.75 Å². The first-order valence-corrected chi connectivity index (χ1v) is 10.6. The molecule has 0 spiro atoms. The van der Waals surface area contributed by atoms with Gasteiger partial charge in [0.25, 0.3) is 5.91 Å². The molecule has 1 atom stereocenters. The van der Waals surface area contributed by atoms with E-state index in [1.54, 1.807) is 24.3 Å². The summed E-state index contributed by atoms with van der Waals surface area (Å²) in [7, 11) is -2.92. The molecule has 0 fully saturated rings. The summed E-state index contributed by atoms with van der Waals surface area (Å²) in [6.45, 7) is 0.464. The van der Waals surface area contributed by atoms with Crippen molar-refractivity contribution >= 4 is 36.7 Å². The lowest BCUT2D eigenvalue weighted by Gasteiger charge is -2.10. The van der Waals surface area contributed by atoms with Crippen molar-refractivity contribution in [3.63, 3.8) is 0 Å². The Hall–Kier alpha value is -2.44. The van der Waals surface area contributed by atoms with Crippen LogP contribution < -0.4 is 5.32 Å². The molecule has 152 valence electrons. The quantitative estimate of drug-likeness (QED) is 0.367. The number of aromatic hydroxyl groups is 1. The SMILES string of the molecule is O=C(NCc1ccc(Cl)cc1)c1cnc2ccc(CCCO[PH](=O)O)cc2c1O. The minimum absolute atomic E-state index is 0.0887. The fourth-order valence-electron chi connectivity index (χ4n) is 2.86. The van der Waals surface area contributed by atoms with Crippen LogP contribution in [0.4, 0.5) is 0 Å². The van der Waals surface area contributed by atoms with Crippen molar-refractivity contribution in [3.05, 3.63) is 70.4 Å². The molecule has 0 saturated heterocycles. The molecule has 0 aliphatic heterocycles. The smallest absolute Gasteiger partial charge is 0.316 e. The molecule has 0 aliphatic carbocycles. The van der Waals surface area contributed by atoms with E-state index >= 15 is 0 Å². The third-order valence-corrected chi connectivity index (χ3v) is 5.05. The lowest BCUT2D eigenvalue weighted by molar-refractivity contribution is 0.0948. The van der Waals surface area contributed by atoms with Crippen LogP contribution in [-0.4, -0.2) is 27.5 Å². The minimum Gasteiger partial charge on any atom is -0.506 e. The topological polar surface area (TPSA) is 109 Å². The van der Waals surface area contributed by atoms with Crippen LogP contribution in [0.3, 0.4) is 0 Å². The number of carbonyl (C=O) groups excluding carboxylic acids is 1. The van der Waals surface area contributed by atoms with Gasteiger partial charge in [0.15, 0.2) is 0 Å². The molecule has 1 aromatic heterocycles. The molecule has 3 aromatic rings. The minimum atomic E-state index is -2.92. The van der Waals surface area contributed by atoms with E-state index < -0.39 is 14.2 Å². The molecule has 3 N–H and O–H groups in total. The molecule has 1 amide bonds. The summed E-state index contributed by atoms with van der Waals surface area (Å²) in [5, 5.41) is 14.5. The molecule has 1 unspecified atom stereocenters. The highest BCUT2D eigenvalue weighted by atomic mass is 35.5. The van der Waals surface area contributed by atoms with Crippen LogP contribution >= 0.6 is 19.9 Å². The lowest BCUT2D eigenvalue weighted by Crippen LogP contribution is -2.23. The second-order valence-corrected chi connectivity index (χ2v) is 7.66. The van der Waals surface area contributed by atoms with Crippen LogP contribution in [0.15, 0.2) is 48.7 Å². The zero-order valence-corrected chi connectivity index (χ0v) is 17.1. The summed E-state index contributed by atoms with van der Waals surface area (Å²) in [6.07, 6.45) is 2.50. The Balaban J connectivity index is 1.72. The largest absolute Gasteiger partial charge is 0.506 e. The molecular formula is C20H20ClN2O5P. The fourth-order valence-corrected chi connectivity index (χ4v) is 3.31. The molecular weight excluding hydrogens is 415 g/mol. The van der Waals surface area contributed by atoms with E-state index in [9.17, 15) is 14.5 Å². The van der Waals surface area contributed by atoms with Crippen molar-refractivity contribution in [2.24, 2.45) is 0 Å². The molecule has 2 aromatic carbocycles. The number of hydrogen-bond donors (Lipinski definition) is 3. The average molecular weight is 435 g/mol. The number of pyridine rings is 1. The second kappa shape index (κ2) is 9.85. The molecule has 7 nitrogen and oxygen atoms in total. The van der Waals surface area contributed by atoms with Gasteiger partial charge < -0.3 is 19.8 Å². The maximum Gasteiger partial charge on any atom is 0.316 e. The van der Waals surface area contributed by atoms with Gasteiger partial charge >= 0.3 is 8.25 Å². The number of benzene rings is 2. The van der Waals surface area contributed by atoms with E-state index in [4.69, 9.17) is 16.5 Å². The number of aryl methyl sites for hydroxylation is 1. The molecule has 0 aliphatic rings. The summed E-state index contributed by atoms with van der Waals surface area (Å²) in [5.74, 6) is -0.569. The Morgan fingerprint density at radius 3 is 2.62 bits per heavy atom. The molecule has 1 heterocycles. The number of halogens is 1. The highest BCUT2D eigenvalue weighted by molar-refractivity contribution is 7.32. The number of nitrogens with zero attached hydrogens (tertiary/aromatic N) is 1. The van der Waals surface area contributed by atoms with Crippen molar-refractivity contribution < 1.29 is 23.9 Å². The van der Waals surface area contributed by atoms with Crippen LogP contribution in [-0.2, 0) is 22.1 Å². The summed E-state index contributed by atoms with van der Waals surface area (Å²) in [6, 6.07) is 12.5. The summed E-state index contributed by atoms with van der Waals surface area (Å²) in [5.41, 5.74) is 2.43. The lowest BCUT2D eigenvalue weighted by atomic mass is 10.0. The van der Waals surface area contributed by atoms with E-state index in [-0.39, 0.29) is 17.9 Å². The van der Waals surface area contributed by atoms with Gasteiger partial charge in [-0.1, -0.05) is 29.8 Å². The number of fused-ring (bicyclic) bond motifs is 1. The van der Waals surface area contributed by atoms with Gasteiger partial charge in [0, 0.05) is 23.2 Å². The number of nitrogens with one attached hydrogen (secondary N) is 1. The van der Waals surface area contributed by atoms with E-state index in [0.717, 1.165) is 11.1 Å². The van der Waals surface area contributed by atoms with Crippen molar-refractivity contribution in [2.75, 3.05) is 6.61 Å². The third-order valence-electron chi connectivity index (χ3n) is 4.35. The Morgan fingerprint density at radius 1 is 1.17 bits per heavy atom. The van der Waals surface area contributed by atoms with E-state index in [1.807, 2.05) is 18.2 Å². The molecule has 3 rings (SSSR count). The van der Waals surface area contributed by atoms with Crippen molar-refractivity contribution in [1.29, 1.82) is 0 Å². The zero-order valence-electron chi connectivity index (χ0n) is 15.4. The first-order valence-electron chi connectivity index (χ1n) is 8.93. The monoisotopic (exact) mass is 434 g/mol. The summed E-state index contributed by atoms with van der Waals surface area (Å²) < 4.78 is 15.2. The van der Waals surface area contributed by atoms with Crippen LogP contribution in [0.2, 0.25) is 5.02 Å². The van der Waals surface area contributed by atoms with Gasteiger partial charge in [-0.25, -0.2) is 0 Å². The van der Waals surface area contributed by atoms with Gasteiger partial charge in [-0.15, -0.1) is 0 Å². The van der Waals surface area contributed by atoms with Crippen molar-refractivity contribution in [2.45, 2.75) is 19.4 Å². The first-order chi connectivity index (χ1) is 13.9. The molecule has 9 heteroatoms. The Morgan fingerprint density at radius 2 is 1.90 bits per heavy atom. The normalized spacial score (nSPS) is 12.1. The Kier molecular flexibility index (Phi) is 7.23. The predicted octanol–water partition coefficient (Wildman–Crippen LogP) is 3.86. The predicted molar refractivity (Wildman–Crippen MR) is 112 cm³/mol. The number of aromatic nitrogens is 1. The molecule has 29 heavy (non-hydrogen) atoms. The Bertz CT molecular complexity index is 1040. The number of hydrogen-bond acceptors (Lipinski definition) is 5. The van der Waals surface area contributed by atoms with Crippen molar-refractivity contribution in [1.82, 2.24) is 10.3 Å². The standard InChI is InChI=1S/C20H20ClN2O5P/c21-15-6-3-14(4-7-15)11-23-20(25)17-12-22-18-8-5-13(10-16(18)19(17)24)2-1-9-28-29(26)27/h3-8,10,12,29H,1-2,9,11H2,(H,22,24)(H,23,25)(H,26,27). The van der Waals surface area contributed by atoms with Gasteiger partial charge in [0.2, 0.25) is 0 Å². The maximum absolute atomic E-state index is 12.5. The number of amides is 1. The second-order valence-electron chi connectivity index (χ2n) is 6.40. The van der Waals surface area contributed by atoms with E-state index in [1.165, 1.54) is 6.20 Å². The zero-order chi connectivity index (χ0) is 20.8. The van der Waals surface area contributed by atoms with E-state index in [0.29, 0.717) is 35.3 Å². The number of carbonyl (C=O) groups is 1. The van der Waals surface area contributed by atoms with E-state index in [2.05, 4.69) is 14.8 Å². The van der Waals surface area contributed by atoms with Crippen LogP contribution in [0.25, 0.3) is 10.9 Å². The van der Waals surface area contributed by atoms with Crippen LogP contribution in [0, 0.1) is 0 Å². The fraction of sp³-hybridized carbons (Fsp3) is 0.200. The average Bonchev–Trinajstić information content (AvgIpc) is 2.71. The first kappa shape index (κ1) is 21.3. The van der Waals surface area contributed by atoms with Gasteiger partial charge in [-0.2, -0.15) is 0 Å². The molecule has 0 bridgehead atoms. The number of rotatable bonds is 8. The van der Waals surface area contributed by atoms with Gasteiger partial charge in [0.05, 0.1) is 12.1 Å².